The number of nitrogens with one attached hydrogen (secondary N) is 2. The van der Waals surface area contributed by atoms with Gasteiger partial charge in [0.2, 0.25) is 0 Å². The van der Waals surface area contributed by atoms with Gasteiger partial charge in [-0.25, -0.2) is 0 Å². The van der Waals surface area contributed by atoms with E-state index in [0.29, 0.717) is 21.4 Å². The monoisotopic (exact) mass is 318 g/mol. The molecule has 0 radical (unpaired) electrons. The summed E-state index contributed by atoms with van der Waals surface area (Å²) in [6.07, 6.45) is 0. The molecule has 0 aliphatic rings. The van der Waals surface area contributed by atoms with Gasteiger partial charge in [0.05, 0.1) is 10.5 Å². The van der Waals surface area contributed by atoms with E-state index in [2.05, 4.69) is 10.3 Å². The van der Waals surface area contributed by atoms with Crippen LogP contribution in [0.3, 0.4) is 0 Å². The first-order valence-corrected chi connectivity index (χ1v) is 7.15. The molecule has 1 heterocycles. The molecule has 3 aromatic rings. The van der Waals surface area contributed by atoms with Gasteiger partial charge >= 0.3 is 0 Å². The maximum Gasteiger partial charge on any atom is 0.272 e. The highest BCUT2D eigenvalue weighted by molar-refractivity contribution is 6.35. The minimum absolute atomic E-state index is 0.229. The van der Waals surface area contributed by atoms with Gasteiger partial charge in [0.15, 0.2) is 0 Å². The van der Waals surface area contributed by atoms with Crippen LogP contribution in [-0.2, 0) is 0 Å². The summed E-state index contributed by atoms with van der Waals surface area (Å²) >= 11 is 12.1. The molecule has 3 rings (SSSR count). The van der Waals surface area contributed by atoms with Gasteiger partial charge in [-0.1, -0.05) is 41.4 Å². The molecule has 0 saturated heterocycles. The van der Waals surface area contributed by atoms with E-state index in [1.165, 1.54) is 0 Å². The Balaban J connectivity index is 1.93. The summed E-state index contributed by atoms with van der Waals surface area (Å²) < 4.78 is 0. The minimum atomic E-state index is -0.229. The smallest absolute Gasteiger partial charge is 0.272 e. The SMILES string of the molecule is Cc1ccc(Cl)cc1NC(=O)c1cc2cccc(Cl)c2[nH]1. The highest BCUT2D eigenvalue weighted by Gasteiger charge is 2.12. The van der Waals surface area contributed by atoms with E-state index in [4.69, 9.17) is 23.2 Å². The van der Waals surface area contributed by atoms with Crippen LogP contribution in [-0.4, -0.2) is 10.9 Å². The standard InChI is InChI=1S/C16H12Cl2N2O/c1-9-5-6-11(17)8-13(9)20-16(21)14-7-10-3-2-4-12(18)15(10)19-14/h2-8,19H,1H3,(H,20,21). The molecule has 0 bridgehead atoms. The Hall–Kier alpha value is -1.97. The number of hydrogen-bond acceptors (Lipinski definition) is 1. The number of benzene rings is 2. The number of aryl methyl sites for hydroxylation is 1. The van der Waals surface area contributed by atoms with Crippen molar-refractivity contribution in [1.82, 2.24) is 4.98 Å². The quantitative estimate of drug-likeness (QED) is 0.683. The Kier molecular flexibility index (Phi) is 3.62. The van der Waals surface area contributed by atoms with Crippen molar-refractivity contribution in [2.24, 2.45) is 0 Å². The Morgan fingerprint density at radius 1 is 1.14 bits per heavy atom. The number of hydrogen-bond donors (Lipinski definition) is 2. The van der Waals surface area contributed by atoms with Crippen LogP contribution in [0.15, 0.2) is 42.5 Å². The van der Waals surface area contributed by atoms with Gasteiger partial charge in [0.1, 0.15) is 5.69 Å². The highest BCUT2D eigenvalue weighted by atomic mass is 35.5. The van der Waals surface area contributed by atoms with E-state index in [0.717, 1.165) is 16.5 Å². The van der Waals surface area contributed by atoms with Crippen molar-refractivity contribution >= 4 is 45.7 Å². The maximum absolute atomic E-state index is 12.3. The number of amides is 1. The van der Waals surface area contributed by atoms with E-state index < -0.39 is 0 Å². The largest absolute Gasteiger partial charge is 0.349 e. The molecule has 5 heteroatoms. The van der Waals surface area contributed by atoms with E-state index in [1.54, 1.807) is 24.3 Å². The van der Waals surface area contributed by atoms with Crippen LogP contribution in [0.5, 0.6) is 0 Å². The van der Waals surface area contributed by atoms with Gasteiger partial charge < -0.3 is 10.3 Å². The molecule has 2 N–H and O–H groups in total. The Morgan fingerprint density at radius 2 is 1.95 bits per heavy atom. The molecular weight excluding hydrogens is 307 g/mol. The third-order valence-electron chi connectivity index (χ3n) is 3.30. The van der Waals surface area contributed by atoms with E-state index in [9.17, 15) is 4.79 Å². The van der Waals surface area contributed by atoms with Gasteiger partial charge in [-0.05, 0) is 36.8 Å². The van der Waals surface area contributed by atoms with Crippen LogP contribution >= 0.6 is 23.2 Å². The lowest BCUT2D eigenvalue weighted by atomic mass is 10.2. The van der Waals surface area contributed by atoms with E-state index in [-0.39, 0.29) is 5.91 Å². The molecule has 0 spiro atoms. The molecule has 106 valence electrons. The normalized spacial score (nSPS) is 10.8. The number of carbonyl (C=O) groups excluding carboxylic acids is 1. The Bertz CT molecular complexity index is 839. The summed E-state index contributed by atoms with van der Waals surface area (Å²) in [7, 11) is 0. The second-order valence-corrected chi connectivity index (χ2v) is 5.64. The van der Waals surface area contributed by atoms with Gasteiger partial charge in [-0.3, -0.25) is 4.79 Å². The lowest BCUT2D eigenvalue weighted by Gasteiger charge is -2.07. The van der Waals surface area contributed by atoms with Crippen LogP contribution in [0.4, 0.5) is 5.69 Å². The average Bonchev–Trinajstić information content (AvgIpc) is 2.88. The average molecular weight is 319 g/mol. The predicted molar refractivity (Wildman–Crippen MR) is 87.5 cm³/mol. The number of carbonyl (C=O) groups is 1. The number of rotatable bonds is 2. The van der Waals surface area contributed by atoms with Crippen molar-refractivity contribution in [3.8, 4) is 0 Å². The summed E-state index contributed by atoms with van der Waals surface area (Å²) in [5, 5.41) is 4.92. The summed E-state index contributed by atoms with van der Waals surface area (Å²) in [6, 6.07) is 12.7. The molecule has 21 heavy (non-hydrogen) atoms. The molecule has 0 aliphatic carbocycles. The molecule has 2 aromatic carbocycles. The third kappa shape index (κ3) is 2.75. The number of H-pyrrole nitrogens is 1. The molecule has 0 saturated carbocycles. The van der Waals surface area contributed by atoms with E-state index >= 15 is 0 Å². The lowest BCUT2D eigenvalue weighted by Crippen LogP contribution is -2.13. The Labute approximate surface area is 131 Å². The topological polar surface area (TPSA) is 44.9 Å². The predicted octanol–water partition coefficient (Wildman–Crippen LogP) is 5.04. The molecule has 0 fully saturated rings. The van der Waals surface area contributed by atoms with Gasteiger partial charge in [-0.2, -0.15) is 0 Å². The number of para-hydroxylation sites is 1. The fraction of sp³-hybridized carbons (Fsp3) is 0.0625. The van der Waals surface area contributed by atoms with Crippen LogP contribution in [0.1, 0.15) is 16.1 Å². The summed E-state index contributed by atoms with van der Waals surface area (Å²) in [6.45, 7) is 1.91. The number of halogens is 2. The second kappa shape index (κ2) is 5.43. The lowest BCUT2D eigenvalue weighted by molar-refractivity contribution is 0.102. The second-order valence-electron chi connectivity index (χ2n) is 4.80. The first kappa shape index (κ1) is 14.0. The number of anilines is 1. The van der Waals surface area contributed by atoms with E-state index in [1.807, 2.05) is 25.1 Å². The summed E-state index contributed by atoms with van der Waals surface area (Å²) in [5.74, 6) is -0.229. The van der Waals surface area contributed by atoms with Crippen molar-refractivity contribution in [1.29, 1.82) is 0 Å². The minimum Gasteiger partial charge on any atom is -0.349 e. The molecule has 3 nitrogen and oxygen atoms in total. The number of fused-ring (bicyclic) bond motifs is 1. The van der Waals surface area contributed by atoms with Gasteiger partial charge in [-0.15, -0.1) is 0 Å². The fourth-order valence-electron chi connectivity index (χ4n) is 2.16. The van der Waals surface area contributed by atoms with Crippen LogP contribution in [0, 0.1) is 6.92 Å². The molecular formula is C16H12Cl2N2O. The summed E-state index contributed by atoms with van der Waals surface area (Å²) in [5.41, 5.74) is 2.85. The molecule has 1 amide bonds. The first-order valence-electron chi connectivity index (χ1n) is 6.39. The van der Waals surface area contributed by atoms with Gasteiger partial charge in [0, 0.05) is 16.1 Å². The molecule has 0 aliphatic heterocycles. The van der Waals surface area contributed by atoms with Crippen molar-refractivity contribution in [2.45, 2.75) is 6.92 Å². The first-order chi connectivity index (χ1) is 10.0. The van der Waals surface area contributed by atoms with Crippen molar-refractivity contribution in [3.05, 3.63) is 63.8 Å². The van der Waals surface area contributed by atoms with Crippen LogP contribution < -0.4 is 5.32 Å². The van der Waals surface area contributed by atoms with Crippen molar-refractivity contribution in [2.75, 3.05) is 5.32 Å². The Morgan fingerprint density at radius 3 is 2.71 bits per heavy atom. The molecule has 1 aromatic heterocycles. The summed E-state index contributed by atoms with van der Waals surface area (Å²) in [4.78, 5) is 15.4. The zero-order chi connectivity index (χ0) is 15.0. The molecule has 0 unspecified atom stereocenters. The van der Waals surface area contributed by atoms with Crippen molar-refractivity contribution in [3.63, 3.8) is 0 Å². The third-order valence-corrected chi connectivity index (χ3v) is 3.85. The zero-order valence-electron chi connectivity index (χ0n) is 11.2. The van der Waals surface area contributed by atoms with Crippen LogP contribution in [0.25, 0.3) is 10.9 Å². The van der Waals surface area contributed by atoms with Crippen molar-refractivity contribution < 1.29 is 4.79 Å². The van der Waals surface area contributed by atoms with Crippen LogP contribution in [0.2, 0.25) is 10.0 Å². The number of aromatic amines is 1. The maximum atomic E-state index is 12.3. The molecule has 0 atom stereocenters. The zero-order valence-corrected chi connectivity index (χ0v) is 12.7. The number of aromatic nitrogens is 1. The van der Waals surface area contributed by atoms with Gasteiger partial charge in [0.25, 0.3) is 5.91 Å². The fourth-order valence-corrected chi connectivity index (χ4v) is 2.56. The highest BCUT2D eigenvalue weighted by Crippen LogP contribution is 2.25.